The van der Waals surface area contributed by atoms with Crippen LogP contribution in [0.4, 0.5) is 0 Å². The third-order valence-electron chi connectivity index (χ3n) is 4.30. The van der Waals surface area contributed by atoms with E-state index < -0.39 is 43.2 Å². The fourth-order valence-electron chi connectivity index (χ4n) is 3.06. The molecule has 8 nitrogen and oxygen atoms in total. The maximum Gasteiger partial charge on any atom is 0.387 e. The van der Waals surface area contributed by atoms with Crippen LogP contribution in [0.2, 0.25) is 0 Å². The third kappa shape index (κ3) is 7.29. The molecule has 0 aromatic carbocycles. The third-order valence-corrected chi connectivity index (χ3v) is 7.30. The minimum Gasteiger partial charge on any atom is -0.388 e. The fraction of sp³-hybridized carbons (Fsp3) is 1.00. The molecular formula is C16H29B2O8PS. The predicted molar refractivity (Wildman–Crippen MR) is 108 cm³/mol. The first-order valence-electron chi connectivity index (χ1n) is 9.41. The molecule has 0 saturated carbocycles. The topological polar surface area (TPSA) is 104 Å². The van der Waals surface area contributed by atoms with Gasteiger partial charge in [0.25, 0.3) is 0 Å². The van der Waals surface area contributed by atoms with E-state index in [2.05, 4.69) is 0 Å². The summed E-state index contributed by atoms with van der Waals surface area (Å²) in [5.41, 5.74) is 0. The van der Waals surface area contributed by atoms with Crippen LogP contribution in [0.1, 0.15) is 34.1 Å². The lowest BCUT2D eigenvalue weighted by molar-refractivity contribution is -0.0433. The molecule has 2 rings (SSSR count). The first-order valence-corrected chi connectivity index (χ1v) is 12.6. The quantitative estimate of drug-likeness (QED) is 0.385. The highest BCUT2D eigenvalue weighted by molar-refractivity contribution is 8.54. The van der Waals surface area contributed by atoms with Gasteiger partial charge in [-0.05, 0) is 45.5 Å². The van der Waals surface area contributed by atoms with Gasteiger partial charge < -0.3 is 28.9 Å². The molecule has 8 atom stereocenters. The Morgan fingerprint density at radius 3 is 2.46 bits per heavy atom. The van der Waals surface area contributed by atoms with E-state index in [4.69, 9.17) is 39.2 Å². The molecule has 2 aliphatic rings. The van der Waals surface area contributed by atoms with Crippen molar-refractivity contribution in [3.8, 4) is 0 Å². The second kappa shape index (κ2) is 10.6. The number of rotatable bonds is 10. The van der Waals surface area contributed by atoms with Gasteiger partial charge >= 0.3 is 6.80 Å². The first-order chi connectivity index (χ1) is 13.0. The van der Waals surface area contributed by atoms with Gasteiger partial charge in [0.15, 0.2) is 0 Å². The standard InChI is InChI=1S/C16H29B2O8PS/c1-8(2)22-6-11-15(14(19)16(18)25-11)26-27(20,21)28-7-12-10(23-9(3)4)5-13(17)24-12/h8-16,19H,5-7H2,1-4H3,(H,20,21)/t10-,11-,12-,13-,14?,15+,16-/m1/s1. The molecule has 2 saturated heterocycles. The molecular weight excluding hydrogens is 405 g/mol. The number of hydrogen-bond acceptors (Lipinski definition) is 8. The number of hydrogen-bond donors (Lipinski definition) is 2. The Bertz CT molecular complexity index is 543. The molecule has 28 heavy (non-hydrogen) atoms. The van der Waals surface area contributed by atoms with E-state index >= 15 is 0 Å². The van der Waals surface area contributed by atoms with Crippen molar-refractivity contribution in [2.24, 2.45) is 0 Å². The maximum absolute atomic E-state index is 12.6. The summed E-state index contributed by atoms with van der Waals surface area (Å²) in [6.07, 6.45) is -3.34. The molecule has 12 heteroatoms. The van der Waals surface area contributed by atoms with Crippen LogP contribution in [-0.4, -0.2) is 92.8 Å². The van der Waals surface area contributed by atoms with Crippen LogP contribution < -0.4 is 0 Å². The SMILES string of the molecule is [B][C@@H]1O[C@H](COC(C)C)[C@H](OP(=O)(O)SC[C@H]2O[C@@H]([B])C[C@H]2OC(C)C)C1O. The Labute approximate surface area is 173 Å². The lowest BCUT2D eigenvalue weighted by atomic mass is 9.93. The Morgan fingerprint density at radius 2 is 1.86 bits per heavy atom. The van der Waals surface area contributed by atoms with Crippen LogP contribution in [0.15, 0.2) is 0 Å². The molecule has 0 bridgehead atoms. The van der Waals surface area contributed by atoms with Gasteiger partial charge in [-0.3, -0.25) is 4.52 Å². The van der Waals surface area contributed by atoms with E-state index in [9.17, 15) is 14.6 Å². The summed E-state index contributed by atoms with van der Waals surface area (Å²) in [5.74, 6) is 0.155. The van der Waals surface area contributed by atoms with Crippen molar-refractivity contribution in [2.45, 2.75) is 88.9 Å². The van der Waals surface area contributed by atoms with Crippen LogP contribution >= 0.6 is 18.2 Å². The summed E-state index contributed by atoms with van der Waals surface area (Å²) in [4.78, 5) is 10.3. The zero-order valence-corrected chi connectivity index (χ0v) is 18.4. The Morgan fingerprint density at radius 1 is 1.18 bits per heavy atom. The highest BCUT2D eigenvalue weighted by atomic mass is 32.7. The molecule has 0 aromatic heterocycles. The summed E-state index contributed by atoms with van der Waals surface area (Å²) in [6, 6.07) is -1.50. The van der Waals surface area contributed by atoms with E-state index in [0.29, 0.717) is 17.8 Å². The van der Waals surface area contributed by atoms with Crippen molar-refractivity contribution in [1.82, 2.24) is 0 Å². The molecule has 0 aromatic rings. The van der Waals surface area contributed by atoms with Crippen LogP contribution in [0.25, 0.3) is 0 Å². The highest BCUT2D eigenvalue weighted by Crippen LogP contribution is 2.58. The molecule has 4 radical (unpaired) electrons. The van der Waals surface area contributed by atoms with Gasteiger partial charge in [-0.1, -0.05) is 0 Å². The van der Waals surface area contributed by atoms with Gasteiger partial charge in [0.1, 0.15) is 34.0 Å². The minimum absolute atomic E-state index is 0.0161. The monoisotopic (exact) mass is 434 g/mol. The Hall–Kier alpha value is 0.430. The second-order valence-corrected chi connectivity index (χ2v) is 11.4. The molecule has 0 aliphatic carbocycles. The van der Waals surface area contributed by atoms with Gasteiger partial charge in [-0.2, -0.15) is 0 Å². The summed E-state index contributed by atoms with van der Waals surface area (Å²) in [7, 11) is 11.5. The summed E-state index contributed by atoms with van der Waals surface area (Å²) in [5, 5.41) is 10.2. The van der Waals surface area contributed by atoms with E-state index in [1.807, 2.05) is 27.7 Å². The first kappa shape index (κ1) is 24.7. The van der Waals surface area contributed by atoms with Crippen LogP contribution in [0, 0.1) is 0 Å². The van der Waals surface area contributed by atoms with Crippen LogP contribution in [-0.2, 0) is 28.0 Å². The zero-order valence-electron chi connectivity index (χ0n) is 16.7. The van der Waals surface area contributed by atoms with Gasteiger partial charge in [0.2, 0.25) is 0 Å². The van der Waals surface area contributed by atoms with Crippen molar-refractivity contribution in [2.75, 3.05) is 12.4 Å². The van der Waals surface area contributed by atoms with Crippen molar-refractivity contribution >= 4 is 33.9 Å². The molecule has 0 amide bonds. The van der Waals surface area contributed by atoms with E-state index in [0.717, 1.165) is 0 Å². The minimum atomic E-state index is -4.13. The van der Waals surface area contributed by atoms with Crippen molar-refractivity contribution in [3.63, 3.8) is 0 Å². The van der Waals surface area contributed by atoms with Crippen molar-refractivity contribution in [1.29, 1.82) is 0 Å². The lowest BCUT2D eigenvalue weighted by Gasteiger charge is -2.25. The van der Waals surface area contributed by atoms with Crippen molar-refractivity contribution in [3.05, 3.63) is 0 Å². The van der Waals surface area contributed by atoms with E-state index in [1.54, 1.807) is 0 Å². The van der Waals surface area contributed by atoms with E-state index in [-0.39, 0.29) is 30.7 Å². The van der Waals surface area contributed by atoms with Gasteiger partial charge in [0, 0.05) is 17.8 Å². The summed E-state index contributed by atoms with van der Waals surface area (Å²) >= 11 is 0.705. The van der Waals surface area contributed by atoms with Gasteiger partial charge in [0.05, 0.1) is 31.0 Å². The molecule has 2 aliphatic heterocycles. The normalized spacial score (nSPS) is 38.4. The number of aliphatic hydroxyl groups is 1. The largest absolute Gasteiger partial charge is 0.388 e. The molecule has 2 fully saturated rings. The fourth-order valence-corrected chi connectivity index (χ4v) is 5.80. The Kier molecular flexibility index (Phi) is 9.39. The second-order valence-electron chi connectivity index (χ2n) is 7.52. The van der Waals surface area contributed by atoms with Crippen LogP contribution in [0.5, 0.6) is 0 Å². The average molecular weight is 434 g/mol. The molecule has 0 spiro atoms. The highest BCUT2D eigenvalue weighted by Gasteiger charge is 2.46. The molecule has 158 valence electrons. The van der Waals surface area contributed by atoms with Gasteiger partial charge in [-0.15, -0.1) is 0 Å². The number of aliphatic hydroxyl groups excluding tert-OH is 1. The predicted octanol–water partition coefficient (Wildman–Crippen LogP) is 0.962. The Balaban J connectivity index is 1.93. The smallest absolute Gasteiger partial charge is 0.387 e. The number of ether oxygens (including phenoxy) is 4. The molecule has 2 heterocycles. The lowest BCUT2D eigenvalue weighted by Crippen LogP contribution is -2.37. The zero-order chi connectivity index (χ0) is 21.1. The average Bonchev–Trinajstić information content (AvgIpc) is 3.04. The van der Waals surface area contributed by atoms with Crippen LogP contribution in [0.3, 0.4) is 0 Å². The van der Waals surface area contributed by atoms with Crippen molar-refractivity contribution < 1.29 is 38.0 Å². The van der Waals surface area contributed by atoms with E-state index in [1.165, 1.54) is 0 Å². The maximum atomic E-state index is 12.6. The molecule has 2 N–H and O–H groups in total. The summed E-state index contributed by atoms with van der Waals surface area (Å²) in [6.45, 7) is 3.44. The molecule has 2 unspecified atom stereocenters. The summed E-state index contributed by atoms with van der Waals surface area (Å²) < 4.78 is 40.2. The van der Waals surface area contributed by atoms with Gasteiger partial charge in [-0.25, -0.2) is 4.57 Å².